The van der Waals surface area contributed by atoms with Crippen LogP contribution in [0.2, 0.25) is 0 Å². The van der Waals surface area contributed by atoms with Crippen LogP contribution in [0.15, 0.2) is 24.4 Å². The Labute approximate surface area is 89.9 Å². The second kappa shape index (κ2) is 4.91. The van der Waals surface area contributed by atoms with Crippen LogP contribution in [0, 0.1) is 6.42 Å². The zero-order valence-corrected chi connectivity index (χ0v) is 8.65. The van der Waals surface area contributed by atoms with Crippen molar-refractivity contribution in [3.05, 3.63) is 36.5 Å². The zero-order valence-electron chi connectivity index (χ0n) is 8.65. The molecule has 15 heavy (non-hydrogen) atoms. The third-order valence-corrected chi connectivity index (χ3v) is 2.63. The Balaban J connectivity index is 1.91. The lowest BCUT2D eigenvalue weighted by Gasteiger charge is -2.22. The van der Waals surface area contributed by atoms with Crippen molar-refractivity contribution in [3.8, 4) is 0 Å². The van der Waals surface area contributed by atoms with Gasteiger partial charge in [0.25, 0.3) is 5.91 Å². The van der Waals surface area contributed by atoms with Crippen LogP contribution in [-0.2, 0) is 0 Å². The number of carbonyl (C=O) groups excluding carboxylic acids is 1. The summed E-state index contributed by atoms with van der Waals surface area (Å²) in [5, 5.41) is 2.98. The lowest BCUT2D eigenvalue weighted by Crippen LogP contribution is -2.36. The number of carbonyl (C=O) groups is 1. The Kier molecular flexibility index (Phi) is 3.33. The Morgan fingerprint density at radius 2 is 2.33 bits per heavy atom. The van der Waals surface area contributed by atoms with Crippen LogP contribution in [-0.4, -0.2) is 16.9 Å². The van der Waals surface area contributed by atoms with Gasteiger partial charge < -0.3 is 5.32 Å². The van der Waals surface area contributed by atoms with Gasteiger partial charge in [-0.1, -0.05) is 18.9 Å². The normalized spacial score (nSPS) is 17.3. The minimum Gasteiger partial charge on any atom is -0.348 e. The average Bonchev–Trinajstić information content (AvgIpc) is 2.31. The molecule has 3 heteroatoms. The molecule has 1 aromatic rings. The molecule has 2 rings (SSSR count). The number of pyridine rings is 1. The van der Waals surface area contributed by atoms with Crippen molar-refractivity contribution in [2.24, 2.45) is 0 Å². The van der Waals surface area contributed by atoms with E-state index in [1.54, 1.807) is 12.3 Å². The Morgan fingerprint density at radius 3 is 3.00 bits per heavy atom. The van der Waals surface area contributed by atoms with Crippen molar-refractivity contribution in [2.45, 2.75) is 31.7 Å². The fourth-order valence-electron chi connectivity index (χ4n) is 1.82. The number of rotatable bonds is 2. The highest BCUT2D eigenvalue weighted by molar-refractivity contribution is 5.92. The molecule has 0 aromatic carbocycles. The number of hydrogen-bond acceptors (Lipinski definition) is 2. The summed E-state index contributed by atoms with van der Waals surface area (Å²) in [5.41, 5.74) is 0.497. The highest BCUT2D eigenvalue weighted by Gasteiger charge is 2.16. The van der Waals surface area contributed by atoms with Gasteiger partial charge in [0, 0.05) is 12.2 Å². The molecule has 1 aliphatic carbocycles. The molecular formula is C12H15N2O. The number of nitrogens with one attached hydrogen (secondary N) is 1. The van der Waals surface area contributed by atoms with Gasteiger partial charge in [-0.05, 0) is 31.4 Å². The van der Waals surface area contributed by atoms with Gasteiger partial charge in [-0.25, -0.2) is 0 Å². The number of amides is 1. The molecule has 1 N–H and O–H groups in total. The van der Waals surface area contributed by atoms with Crippen LogP contribution in [0.1, 0.15) is 36.2 Å². The van der Waals surface area contributed by atoms with E-state index in [4.69, 9.17) is 0 Å². The molecule has 0 spiro atoms. The van der Waals surface area contributed by atoms with Crippen LogP contribution >= 0.6 is 0 Å². The van der Waals surface area contributed by atoms with Crippen molar-refractivity contribution in [1.29, 1.82) is 0 Å². The molecule has 79 valence electrons. The molecule has 1 saturated carbocycles. The number of nitrogens with zero attached hydrogens (tertiary/aromatic N) is 1. The number of hydrogen-bond donors (Lipinski definition) is 1. The smallest absolute Gasteiger partial charge is 0.270 e. The molecule has 1 amide bonds. The van der Waals surface area contributed by atoms with Crippen LogP contribution in [0.5, 0.6) is 0 Å². The van der Waals surface area contributed by atoms with Crippen molar-refractivity contribution >= 4 is 5.91 Å². The summed E-state index contributed by atoms with van der Waals surface area (Å²) < 4.78 is 0. The monoisotopic (exact) mass is 203 g/mol. The van der Waals surface area contributed by atoms with E-state index in [9.17, 15) is 4.79 Å². The van der Waals surface area contributed by atoms with Crippen molar-refractivity contribution in [2.75, 3.05) is 0 Å². The Morgan fingerprint density at radius 1 is 1.40 bits per heavy atom. The van der Waals surface area contributed by atoms with Gasteiger partial charge in [-0.15, -0.1) is 0 Å². The fourth-order valence-corrected chi connectivity index (χ4v) is 1.82. The molecule has 0 bridgehead atoms. The van der Waals surface area contributed by atoms with Crippen molar-refractivity contribution in [3.63, 3.8) is 0 Å². The third kappa shape index (κ3) is 2.78. The highest BCUT2D eigenvalue weighted by atomic mass is 16.1. The summed E-state index contributed by atoms with van der Waals surface area (Å²) in [6, 6.07) is 5.60. The third-order valence-electron chi connectivity index (χ3n) is 2.63. The Hall–Kier alpha value is -1.38. The summed E-state index contributed by atoms with van der Waals surface area (Å²) in [6.07, 6.45) is 8.43. The zero-order chi connectivity index (χ0) is 10.5. The summed E-state index contributed by atoms with van der Waals surface area (Å²) in [6.45, 7) is 0. The second-order valence-corrected chi connectivity index (χ2v) is 3.82. The maximum Gasteiger partial charge on any atom is 0.270 e. The van der Waals surface area contributed by atoms with Crippen LogP contribution < -0.4 is 5.32 Å². The minimum absolute atomic E-state index is 0.0706. The molecule has 1 radical (unpaired) electrons. The lowest BCUT2D eigenvalue weighted by molar-refractivity contribution is 0.0932. The first-order chi connectivity index (χ1) is 7.36. The first-order valence-corrected chi connectivity index (χ1v) is 5.41. The van der Waals surface area contributed by atoms with E-state index >= 15 is 0 Å². The summed E-state index contributed by atoms with van der Waals surface area (Å²) >= 11 is 0. The molecule has 1 fully saturated rings. The van der Waals surface area contributed by atoms with Crippen LogP contribution in [0.4, 0.5) is 0 Å². The van der Waals surface area contributed by atoms with E-state index in [0.717, 1.165) is 12.8 Å². The highest BCUT2D eigenvalue weighted by Crippen LogP contribution is 2.16. The van der Waals surface area contributed by atoms with Gasteiger partial charge in [-0.3, -0.25) is 9.78 Å². The molecule has 0 aliphatic heterocycles. The van der Waals surface area contributed by atoms with Crippen molar-refractivity contribution < 1.29 is 4.79 Å². The van der Waals surface area contributed by atoms with Gasteiger partial charge in [0.2, 0.25) is 0 Å². The quantitative estimate of drug-likeness (QED) is 0.798. The maximum absolute atomic E-state index is 11.7. The maximum atomic E-state index is 11.7. The van der Waals surface area contributed by atoms with E-state index < -0.39 is 0 Å². The molecule has 3 nitrogen and oxygen atoms in total. The second-order valence-electron chi connectivity index (χ2n) is 3.82. The van der Waals surface area contributed by atoms with Gasteiger partial charge in [-0.2, -0.15) is 0 Å². The molecule has 1 unspecified atom stereocenters. The molecule has 1 atom stereocenters. The standard InChI is InChI=1S/C12H15N2O/c15-12(11-8-4-5-9-13-11)14-10-6-2-1-3-7-10/h4-6,8-10H,1-3,7H2,(H,14,15). The van der Waals surface area contributed by atoms with Crippen LogP contribution in [0.25, 0.3) is 0 Å². The van der Waals surface area contributed by atoms with Gasteiger partial charge in [0.1, 0.15) is 5.69 Å². The largest absolute Gasteiger partial charge is 0.348 e. The van der Waals surface area contributed by atoms with Gasteiger partial charge in [0.15, 0.2) is 0 Å². The van der Waals surface area contributed by atoms with E-state index in [2.05, 4.69) is 16.7 Å². The predicted octanol–water partition coefficient (Wildman–Crippen LogP) is 1.96. The van der Waals surface area contributed by atoms with Gasteiger partial charge in [0.05, 0.1) is 0 Å². The minimum atomic E-state index is -0.0706. The van der Waals surface area contributed by atoms with E-state index in [0.29, 0.717) is 5.69 Å². The molecule has 1 heterocycles. The molecule has 0 saturated heterocycles. The average molecular weight is 203 g/mol. The topological polar surface area (TPSA) is 42.0 Å². The summed E-state index contributed by atoms with van der Waals surface area (Å²) in [4.78, 5) is 15.7. The fraction of sp³-hybridized carbons (Fsp3) is 0.417. The molecule has 1 aromatic heterocycles. The SMILES string of the molecule is O=C(NC1[CH]CCCC1)c1ccccn1. The van der Waals surface area contributed by atoms with Crippen LogP contribution in [0.3, 0.4) is 0 Å². The number of aromatic nitrogens is 1. The summed E-state index contributed by atoms with van der Waals surface area (Å²) in [5.74, 6) is -0.0706. The predicted molar refractivity (Wildman–Crippen MR) is 58.3 cm³/mol. The first-order valence-electron chi connectivity index (χ1n) is 5.41. The molecule has 1 aliphatic rings. The first kappa shape index (κ1) is 10.1. The molecular weight excluding hydrogens is 188 g/mol. The lowest BCUT2D eigenvalue weighted by atomic mass is 9.95. The van der Waals surface area contributed by atoms with E-state index in [-0.39, 0.29) is 11.9 Å². The Bertz CT molecular complexity index is 318. The van der Waals surface area contributed by atoms with Crippen molar-refractivity contribution in [1.82, 2.24) is 10.3 Å². The van der Waals surface area contributed by atoms with Gasteiger partial charge >= 0.3 is 0 Å². The van der Waals surface area contributed by atoms with E-state index in [1.165, 1.54) is 12.8 Å². The van der Waals surface area contributed by atoms with E-state index in [1.807, 2.05) is 12.1 Å². The summed E-state index contributed by atoms with van der Waals surface area (Å²) in [7, 11) is 0.